The predicted molar refractivity (Wildman–Crippen MR) is 111 cm³/mol. The van der Waals surface area contributed by atoms with Gasteiger partial charge in [-0.2, -0.15) is 0 Å². The fraction of sp³-hybridized carbons (Fsp3) is 0.227. The van der Waals surface area contributed by atoms with E-state index < -0.39 is 17.8 Å². The van der Waals surface area contributed by atoms with Crippen molar-refractivity contribution in [1.82, 2.24) is 19.4 Å². The number of nitrogens with one attached hydrogen (secondary N) is 1. The van der Waals surface area contributed by atoms with Crippen LogP contribution in [0.25, 0.3) is 11.1 Å². The number of benzene rings is 2. The summed E-state index contributed by atoms with van der Waals surface area (Å²) >= 11 is 0. The first kappa shape index (κ1) is 19.5. The second kappa shape index (κ2) is 7.90. The smallest absolute Gasteiger partial charge is 0.420 e. The second-order valence-corrected chi connectivity index (χ2v) is 6.96. The summed E-state index contributed by atoms with van der Waals surface area (Å²) in [5, 5.41) is 3.03. The number of carbonyl (C=O) groups excluding carboxylic acids is 1. The number of fused-ring (bicyclic) bond motifs is 1. The summed E-state index contributed by atoms with van der Waals surface area (Å²) < 4.78 is 14.0. The number of methoxy groups -OCH3 is 1. The summed E-state index contributed by atoms with van der Waals surface area (Å²) in [6.45, 7) is 1.66. The van der Waals surface area contributed by atoms with Gasteiger partial charge in [0.2, 0.25) is 5.91 Å². The number of imidazole rings is 1. The molecule has 2 heterocycles. The number of oxazole rings is 1. The van der Waals surface area contributed by atoms with Crippen molar-refractivity contribution in [3.8, 4) is 5.75 Å². The molecule has 0 saturated heterocycles. The van der Waals surface area contributed by atoms with Crippen LogP contribution in [-0.4, -0.2) is 27.1 Å². The fourth-order valence-electron chi connectivity index (χ4n) is 3.57. The SMILES string of the molecule is COc1ccccc1C(NC(=O)C(C)n1c(=O)oc2ccccc21)c1nccn1C. The number of aryl methyl sites for hydroxylation is 1. The molecule has 0 bridgehead atoms. The molecule has 154 valence electrons. The van der Waals surface area contributed by atoms with E-state index in [1.165, 1.54) is 4.57 Å². The first-order valence-corrected chi connectivity index (χ1v) is 9.52. The van der Waals surface area contributed by atoms with Gasteiger partial charge < -0.3 is 19.0 Å². The second-order valence-electron chi connectivity index (χ2n) is 6.96. The number of nitrogens with zero attached hydrogens (tertiary/aromatic N) is 3. The first-order chi connectivity index (χ1) is 14.5. The van der Waals surface area contributed by atoms with Crippen molar-refractivity contribution in [2.24, 2.45) is 7.05 Å². The molecule has 4 aromatic rings. The van der Waals surface area contributed by atoms with Gasteiger partial charge in [-0.25, -0.2) is 9.78 Å². The van der Waals surface area contributed by atoms with E-state index in [1.807, 2.05) is 35.9 Å². The van der Waals surface area contributed by atoms with Crippen LogP contribution in [0.2, 0.25) is 0 Å². The molecule has 0 saturated carbocycles. The number of hydrogen-bond donors (Lipinski definition) is 1. The van der Waals surface area contributed by atoms with Crippen molar-refractivity contribution in [2.75, 3.05) is 7.11 Å². The minimum atomic E-state index is -0.793. The van der Waals surface area contributed by atoms with Gasteiger partial charge in [0.1, 0.15) is 23.7 Å². The molecule has 8 heteroatoms. The van der Waals surface area contributed by atoms with Gasteiger partial charge in [-0.1, -0.05) is 30.3 Å². The zero-order valence-corrected chi connectivity index (χ0v) is 16.9. The Hall–Kier alpha value is -3.81. The lowest BCUT2D eigenvalue weighted by Crippen LogP contribution is -2.38. The molecule has 30 heavy (non-hydrogen) atoms. The van der Waals surface area contributed by atoms with E-state index in [1.54, 1.807) is 50.7 Å². The molecule has 2 atom stereocenters. The standard InChI is InChI=1S/C22H22N4O4/c1-14(26-16-9-5-7-11-18(16)30-22(26)28)21(27)24-19(20-23-12-13-25(20)2)15-8-4-6-10-17(15)29-3/h4-14,19H,1-3H3,(H,24,27). The quantitative estimate of drug-likeness (QED) is 0.532. The predicted octanol–water partition coefficient (Wildman–Crippen LogP) is 2.80. The summed E-state index contributed by atoms with van der Waals surface area (Å²) in [5.74, 6) is 0.348. The minimum absolute atomic E-state index is 0.345. The van der Waals surface area contributed by atoms with E-state index in [4.69, 9.17) is 9.15 Å². The van der Waals surface area contributed by atoms with Crippen LogP contribution in [0.15, 0.2) is 70.1 Å². The van der Waals surface area contributed by atoms with Crippen LogP contribution >= 0.6 is 0 Å². The first-order valence-electron chi connectivity index (χ1n) is 9.52. The molecule has 4 rings (SSSR count). The maximum atomic E-state index is 13.2. The van der Waals surface area contributed by atoms with Crippen molar-refractivity contribution >= 4 is 17.0 Å². The van der Waals surface area contributed by atoms with E-state index in [0.717, 1.165) is 5.56 Å². The number of aromatic nitrogens is 3. The third-order valence-corrected chi connectivity index (χ3v) is 5.14. The monoisotopic (exact) mass is 406 g/mol. The van der Waals surface area contributed by atoms with Gasteiger partial charge in [-0.05, 0) is 25.1 Å². The highest BCUT2D eigenvalue weighted by Gasteiger charge is 2.28. The number of ether oxygens (including phenoxy) is 1. The zero-order chi connectivity index (χ0) is 21.3. The van der Waals surface area contributed by atoms with Crippen LogP contribution in [0.1, 0.15) is 30.4 Å². The molecule has 0 fully saturated rings. The van der Waals surface area contributed by atoms with Crippen molar-refractivity contribution in [3.05, 3.63) is 82.9 Å². The molecule has 2 aromatic heterocycles. The molecule has 0 aliphatic carbocycles. The Balaban J connectivity index is 1.73. The number of para-hydroxylation sites is 3. The van der Waals surface area contributed by atoms with Gasteiger partial charge >= 0.3 is 5.76 Å². The van der Waals surface area contributed by atoms with Crippen molar-refractivity contribution in [3.63, 3.8) is 0 Å². The summed E-state index contributed by atoms with van der Waals surface area (Å²) in [6, 6.07) is 13.1. The molecule has 1 amide bonds. The molecule has 8 nitrogen and oxygen atoms in total. The summed E-state index contributed by atoms with van der Waals surface area (Å²) in [4.78, 5) is 30.1. The third-order valence-electron chi connectivity index (χ3n) is 5.14. The summed E-state index contributed by atoms with van der Waals surface area (Å²) in [6.07, 6.45) is 3.48. The normalized spacial score (nSPS) is 13.2. The zero-order valence-electron chi connectivity index (χ0n) is 16.9. The van der Waals surface area contributed by atoms with Gasteiger partial charge in [0.05, 0.1) is 12.6 Å². The van der Waals surface area contributed by atoms with Gasteiger partial charge in [-0.15, -0.1) is 0 Å². The maximum Gasteiger partial charge on any atom is 0.420 e. The van der Waals surface area contributed by atoms with E-state index in [9.17, 15) is 9.59 Å². The molecule has 0 aliphatic rings. The van der Waals surface area contributed by atoms with E-state index in [0.29, 0.717) is 22.7 Å². The molecule has 2 unspecified atom stereocenters. The number of rotatable bonds is 6. The van der Waals surface area contributed by atoms with E-state index in [2.05, 4.69) is 10.3 Å². The Labute approximate surface area is 172 Å². The Morgan fingerprint density at radius 3 is 2.63 bits per heavy atom. The van der Waals surface area contributed by atoms with Crippen LogP contribution in [-0.2, 0) is 11.8 Å². The van der Waals surface area contributed by atoms with Gasteiger partial charge in [0.25, 0.3) is 0 Å². The largest absolute Gasteiger partial charge is 0.496 e. The topological polar surface area (TPSA) is 91.3 Å². The Bertz CT molecular complexity index is 1250. The average Bonchev–Trinajstić information content (AvgIpc) is 3.33. The third kappa shape index (κ3) is 3.36. The Morgan fingerprint density at radius 2 is 1.90 bits per heavy atom. The molecule has 0 aliphatic heterocycles. The lowest BCUT2D eigenvalue weighted by atomic mass is 10.0. The van der Waals surface area contributed by atoms with Gasteiger partial charge in [0, 0.05) is 25.0 Å². The van der Waals surface area contributed by atoms with Crippen LogP contribution in [0, 0.1) is 0 Å². The lowest BCUT2D eigenvalue weighted by Gasteiger charge is -2.23. The number of carbonyl (C=O) groups is 1. The number of amides is 1. The Kier molecular flexibility index (Phi) is 5.14. The highest BCUT2D eigenvalue weighted by Crippen LogP contribution is 2.29. The Morgan fingerprint density at radius 1 is 1.17 bits per heavy atom. The van der Waals surface area contributed by atoms with Crippen LogP contribution < -0.4 is 15.8 Å². The van der Waals surface area contributed by atoms with Crippen molar-refractivity contribution in [2.45, 2.75) is 19.0 Å². The summed E-state index contributed by atoms with van der Waals surface area (Å²) in [5.41, 5.74) is 1.77. The fourth-order valence-corrected chi connectivity index (χ4v) is 3.57. The molecule has 0 spiro atoms. The number of hydrogen-bond acceptors (Lipinski definition) is 5. The van der Waals surface area contributed by atoms with Crippen LogP contribution in [0.3, 0.4) is 0 Å². The highest BCUT2D eigenvalue weighted by molar-refractivity contribution is 5.83. The minimum Gasteiger partial charge on any atom is -0.496 e. The van der Waals surface area contributed by atoms with Gasteiger partial charge in [0.15, 0.2) is 5.58 Å². The molecule has 0 radical (unpaired) electrons. The van der Waals surface area contributed by atoms with E-state index in [-0.39, 0.29) is 5.91 Å². The van der Waals surface area contributed by atoms with Gasteiger partial charge in [-0.3, -0.25) is 9.36 Å². The van der Waals surface area contributed by atoms with Crippen molar-refractivity contribution < 1.29 is 13.9 Å². The van der Waals surface area contributed by atoms with Crippen LogP contribution in [0.4, 0.5) is 0 Å². The lowest BCUT2D eigenvalue weighted by molar-refractivity contribution is -0.124. The average molecular weight is 406 g/mol. The molecule has 1 N–H and O–H groups in total. The molecule has 2 aromatic carbocycles. The van der Waals surface area contributed by atoms with Crippen molar-refractivity contribution in [1.29, 1.82) is 0 Å². The van der Waals surface area contributed by atoms with Crippen LogP contribution in [0.5, 0.6) is 5.75 Å². The molecular weight excluding hydrogens is 384 g/mol. The highest BCUT2D eigenvalue weighted by atomic mass is 16.5. The summed E-state index contributed by atoms with van der Waals surface area (Å²) in [7, 11) is 3.43. The van der Waals surface area contributed by atoms with E-state index >= 15 is 0 Å². The maximum absolute atomic E-state index is 13.2. The molecular formula is C22H22N4O4.